The Kier molecular flexibility index (Phi) is 19.8. The van der Waals surface area contributed by atoms with Crippen molar-refractivity contribution in [2.75, 3.05) is 14.2 Å². The summed E-state index contributed by atoms with van der Waals surface area (Å²) in [5.41, 5.74) is 5.10. The van der Waals surface area contributed by atoms with Crippen LogP contribution in [0.2, 0.25) is 0 Å². The van der Waals surface area contributed by atoms with E-state index in [4.69, 9.17) is 14.4 Å². The van der Waals surface area contributed by atoms with Gasteiger partial charge in [-0.05, 0) is 29.2 Å². The van der Waals surface area contributed by atoms with Crippen molar-refractivity contribution >= 4 is 19.2 Å². The van der Waals surface area contributed by atoms with Gasteiger partial charge in [-0.25, -0.2) is 0 Å². The smallest absolute Gasteiger partial charge is 0.292 e. The lowest BCUT2D eigenvalue weighted by atomic mass is 10.1. The first-order chi connectivity index (χ1) is 17.2. The van der Waals surface area contributed by atoms with Crippen LogP contribution in [0, 0.1) is 0 Å². The van der Waals surface area contributed by atoms with E-state index in [0.717, 1.165) is 6.29 Å². The number of rotatable bonds is 4. The van der Waals surface area contributed by atoms with Gasteiger partial charge in [-0.1, -0.05) is 121 Å². The van der Waals surface area contributed by atoms with Crippen LogP contribution in [0.4, 0.5) is 0 Å². The minimum absolute atomic E-state index is 0.375. The molecule has 0 amide bonds. The third-order valence-corrected chi connectivity index (χ3v) is 3.95. The van der Waals surface area contributed by atoms with Crippen LogP contribution in [0.3, 0.4) is 0 Å². The molecular formula is C30H32O5. The number of carbonyl (C=O) groups excluding carboxylic acids is 3. The van der Waals surface area contributed by atoms with E-state index in [1.165, 1.54) is 43.4 Å². The zero-order chi connectivity index (χ0) is 26.0. The molecule has 35 heavy (non-hydrogen) atoms. The van der Waals surface area contributed by atoms with Crippen molar-refractivity contribution in [3.8, 4) is 22.3 Å². The number of benzene rings is 4. The van der Waals surface area contributed by atoms with E-state index >= 15 is 0 Å². The molecule has 0 aliphatic carbocycles. The van der Waals surface area contributed by atoms with E-state index in [9.17, 15) is 0 Å². The van der Waals surface area contributed by atoms with E-state index in [0.29, 0.717) is 12.9 Å². The van der Waals surface area contributed by atoms with E-state index in [-0.39, 0.29) is 0 Å². The summed E-state index contributed by atoms with van der Waals surface area (Å²) in [6.07, 6.45) is 0.750. The minimum Gasteiger partial charge on any atom is -0.471 e. The van der Waals surface area contributed by atoms with Gasteiger partial charge in [0.2, 0.25) is 0 Å². The summed E-state index contributed by atoms with van der Waals surface area (Å²) < 4.78 is 7.72. The number of carbonyl (C=O) groups is 3. The maximum Gasteiger partial charge on any atom is 0.292 e. The number of aldehydes is 1. The molecule has 0 fully saturated rings. The summed E-state index contributed by atoms with van der Waals surface area (Å²) in [4.78, 5) is 26.7. The zero-order valence-electron chi connectivity index (χ0n) is 20.3. The number of methoxy groups -OCH3 is 2. The van der Waals surface area contributed by atoms with Gasteiger partial charge in [-0.2, -0.15) is 0 Å². The molecule has 0 bridgehead atoms. The molecule has 4 rings (SSSR count). The van der Waals surface area contributed by atoms with Crippen LogP contribution in [0.1, 0.15) is 6.92 Å². The lowest BCUT2D eigenvalue weighted by Crippen LogP contribution is -1.73. The van der Waals surface area contributed by atoms with Crippen LogP contribution >= 0.6 is 0 Å². The molecule has 0 atom stereocenters. The average molecular weight is 473 g/mol. The predicted molar refractivity (Wildman–Crippen MR) is 142 cm³/mol. The molecule has 0 spiro atoms. The van der Waals surface area contributed by atoms with E-state index < -0.39 is 0 Å². The molecule has 5 nitrogen and oxygen atoms in total. The Bertz CT molecular complexity index is 848. The van der Waals surface area contributed by atoms with Crippen molar-refractivity contribution in [1.29, 1.82) is 0 Å². The van der Waals surface area contributed by atoms with Crippen LogP contribution in [0.15, 0.2) is 121 Å². The molecule has 4 aromatic rings. The summed E-state index contributed by atoms with van der Waals surface area (Å²) >= 11 is 0. The highest BCUT2D eigenvalue weighted by molar-refractivity contribution is 5.63. The molecule has 182 valence electrons. The molecule has 0 N–H and O–H groups in total. The molecular weight excluding hydrogens is 440 g/mol. The molecule has 0 radical (unpaired) electrons. The lowest BCUT2D eigenvalue weighted by molar-refractivity contribution is -0.126. The van der Waals surface area contributed by atoms with Crippen LogP contribution in [-0.4, -0.2) is 33.5 Å². The number of ether oxygens (including phenoxy) is 2. The fourth-order valence-electron chi connectivity index (χ4n) is 2.52. The van der Waals surface area contributed by atoms with Gasteiger partial charge >= 0.3 is 0 Å². The Balaban J connectivity index is 0.000000471. The topological polar surface area (TPSA) is 69.7 Å². The van der Waals surface area contributed by atoms with Gasteiger partial charge in [0, 0.05) is 0 Å². The zero-order valence-corrected chi connectivity index (χ0v) is 20.3. The summed E-state index contributed by atoms with van der Waals surface area (Å²) in [5, 5.41) is 0. The lowest BCUT2D eigenvalue weighted by Gasteiger charge is -1.98. The van der Waals surface area contributed by atoms with Gasteiger partial charge in [-0.15, -0.1) is 0 Å². The SMILES string of the molecule is CC=O.COC=O.COC=O.c1ccc(-c2ccccc2)cc1.c1ccc(-c2ccccc2)cc1. The van der Waals surface area contributed by atoms with Crippen LogP contribution in [0.25, 0.3) is 22.3 Å². The van der Waals surface area contributed by atoms with Gasteiger partial charge in [-0.3, -0.25) is 9.59 Å². The van der Waals surface area contributed by atoms with Crippen LogP contribution in [0.5, 0.6) is 0 Å². The average Bonchev–Trinajstić information content (AvgIpc) is 2.96. The molecule has 0 aromatic heterocycles. The van der Waals surface area contributed by atoms with Crippen molar-refractivity contribution in [2.24, 2.45) is 0 Å². The Morgan fingerprint density at radius 3 is 0.686 bits per heavy atom. The molecule has 0 saturated carbocycles. The minimum atomic E-state index is 0.375. The van der Waals surface area contributed by atoms with Crippen molar-refractivity contribution in [3.63, 3.8) is 0 Å². The first-order valence-corrected chi connectivity index (χ1v) is 10.7. The molecule has 4 aromatic carbocycles. The third-order valence-electron chi connectivity index (χ3n) is 3.95. The molecule has 0 saturated heterocycles. The molecule has 0 aliphatic heterocycles. The summed E-state index contributed by atoms with van der Waals surface area (Å²) in [6.45, 7) is 2.19. The Morgan fingerprint density at radius 1 is 0.429 bits per heavy atom. The second-order valence-electron chi connectivity index (χ2n) is 6.36. The standard InChI is InChI=1S/2C12H10.2C2H4O2.C2H4O/c2*1-3-7-11(8-4-1)12-9-5-2-6-10-12;2*1-4-2-3;1-2-3/h2*1-10H;2*2H,1H3;2H,1H3. The van der Waals surface area contributed by atoms with E-state index in [1.54, 1.807) is 0 Å². The van der Waals surface area contributed by atoms with Crippen molar-refractivity contribution in [2.45, 2.75) is 6.92 Å². The highest BCUT2D eigenvalue weighted by atomic mass is 16.5. The predicted octanol–water partition coefficient (Wildman–Crippen LogP) is 6.49. The first kappa shape index (κ1) is 30.5. The summed E-state index contributed by atoms with van der Waals surface area (Å²) in [5.74, 6) is 0. The monoisotopic (exact) mass is 472 g/mol. The summed E-state index contributed by atoms with van der Waals surface area (Å²) in [7, 11) is 2.62. The van der Waals surface area contributed by atoms with Gasteiger partial charge in [0.15, 0.2) is 0 Å². The van der Waals surface area contributed by atoms with Gasteiger partial charge < -0.3 is 14.3 Å². The second-order valence-corrected chi connectivity index (χ2v) is 6.36. The van der Waals surface area contributed by atoms with Crippen molar-refractivity contribution in [1.82, 2.24) is 0 Å². The first-order valence-electron chi connectivity index (χ1n) is 10.7. The molecule has 0 unspecified atom stereocenters. The third kappa shape index (κ3) is 15.9. The van der Waals surface area contributed by atoms with E-state index in [1.807, 2.05) is 24.3 Å². The van der Waals surface area contributed by atoms with Gasteiger partial charge in [0.05, 0.1) is 14.2 Å². The fourth-order valence-corrected chi connectivity index (χ4v) is 2.52. The highest BCUT2D eigenvalue weighted by Gasteiger charge is 1.92. The maximum absolute atomic E-state index is 8.95. The normalized spacial score (nSPS) is 8.20. The maximum atomic E-state index is 8.95. The summed E-state index contributed by atoms with van der Waals surface area (Å²) in [6, 6.07) is 41.6. The Hall–Kier alpha value is -4.51. The molecule has 5 heteroatoms. The number of hydrogen-bond donors (Lipinski definition) is 0. The quantitative estimate of drug-likeness (QED) is 0.318. The Labute approximate surface area is 208 Å². The highest BCUT2D eigenvalue weighted by Crippen LogP contribution is 2.18. The molecule has 0 aliphatic rings. The van der Waals surface area contributed by atoms with Crippen molar-refractivity contribution in [3.05, 3.63) is 121 Å². The van der Waals surface area contributed by atoms with Crippen molar-refractivity contribution < 1.29 is 23.9 Å². The second kappa shape index (κ2) is 22.7. The van der Waals surface area contributed by atoms with Gasteiger partial charge in [0.1, 0.15) is 6.29 Å². The largest absolute Gasteiger partial charge is 0.471 e. The Morgan fingerprint density at radius 2 is 0.571 bits per heavy atom. The van der Waals surface area contributed by atoms with E-state index in [2.05, 4.69) is 107 Å². The van der Waals surface area contributed by atoms with Crippen LogP contribution < -0.4 is 0 Å². The van der Waals surface area contributed by atoms with Crippen LogP contribution in [-0.2, 0) is 23.9 Å². The fraction of sp³-hybridized carbons (Fsp3) is 0.100. The van der Waals surface area contributed by atoms with Gasteiger partial charge in [0.25, 0.3) is 12.9 Å². The molecule has 0 heterocycles. The number of hydrogen-bond acceptors (Lipinski definition) is 5.